The Kier molecular flexibility index (Phi) is 4.50. The van der Waals surface area contributed by atoms with Crippen LogP contribution < -0.4 is 0 Å². The summed E-state index contributed by atoms with van der Waals surface area (Å²) in [7, 11) is 1.30. The third-order valence-electron chi connectivity index (χ3n) is 2.06. The Morgan fingerprint density at radius 2 is 2.31 bits per heavy atom. The van der Waals surface area contributed by atoms with Crippen LogP contribution in [0.5, 0.6) is 0 Å². The Bertz CT molecular complexity index is 348. The van der Waals surface area contributed by atoms with Crippen molar-refractivity contribution >= 4 is 11.9 Å². The fourth-order valence-corrected chi connectivity index (χ4v) is 1.29. The van der Waals surface area contributed by atoms with Crippen molar-refractivity contribution < 1.29 is 14.3 Å². The minimum absolute atomic E-state index is 0.0395. The van der Waals surface area contributed by atoms with Crippen molar-refractivity contribution in [2.45, 2.75) is 13.3 Å². The van der Waals surface area contributed by atoms with Crippen LogP contribution in [0, 0.1) is 0 Å². The van der Waals surface area contributed by atoms with E-state index >= 15 is 0 Å². The first-order valence-corrected chi connectivity index (χ1v) is 5.03. The van der Waals surface area contributed by atoms with Crippen LogP contribution in [0.3, 0.4) is 0 Å². The molecular formula is C10H15N3O3. The average molecular weight is 225 g/mol. The molecule has 0 aliphatic carbocycles. The van der Waals surface area contributed by atoms with Crippen LogP contribution >= 0.6 is 0 Å². The average Bonchev–Trinajstić information content (AvgIpc) is 2.80. The molecule has 0 aromatic carbocycles. The van der Waals surface area contributed by atoms with Crippen molar-refractivity contribution in [3.63, 3.8) is 0 Å². The molecule has 0 fully saturated rings. The number of rotatable bonds is 5. The third kappa shape index (κ3) is 3.08. The molecule has 0 aliphatic heterocycles. The predicted molar refractivity (Wildman–Crippen MR) is 56.8 cm³/mol. The highest BCUT2D eigenvalue weighted by molar-refractivity contribution is 5.94. The van der Waals surface area contributed by atoms with Gasteiger partial charge >= 0.3 is 5.97 Å². The van der Waals surface area contributed by atoms with Gasteiger partial charge in [-0.25, -0.2) is 4.98 Å². The second-order valence-electron chi connectivity index (χ2n) is 3.27. The van der Waals surface area contributed by atoms with Gasteiger partial charge in [-0.15, -0.1) is 0 Å². The van der Waals surface area contributed by atoms with Gasteiger partial charge in [0.05, 0.1) is 19.6 Å². The summed E-state index contributed by atoms with van der Waals surface area (Å²) in [5.74, 6) is -0.675. The van der Waals surface area contributed by atoms with Crippen molar-refractivity contribution in [3.8, 4) is 0 Å². The van der Waals surface area contributed by atoms with Gasteiger partial charge < -0.3 is 14.6 Å². The third-order valence-corrected chi connectivity index (χ3v) is 2.06. The van der Waals surface area contributed by atoms with E-state index in [-0.39, 0.29) is 12.5 Å². The lowest BCUT2D eigenvalue weighted by atomic mass is 10.3. The maximum Gasteiger partial charge on any atom is 0.325 e. The molecule has 0 spiro atoms. The van der Waals surface area contributed by atoms with Gasteiger partial charge in [0.2, 0.25) is 0 Å². The minimum atomic E-state index is -0.429. The molecule has 0 unspecified atom stereocenters. The molecule has 1 aromatic heterocycles. The van der Waals surface area contributed by atoms with Crippen LogP contribution in [0.15, 0.2) is 12.5 Å². The molecule has 0 saturated carbocycles. The molecule has 1 heterocycles. The molecule has 1 amide bonds. The maximum absolute atomic E-state index is 11.9. The van der Waals surface area contributed by atoms with Crippen LogP contribution in [0.1, 0.15) is 23.8 Å². The zero-order valence-electron chi connectivity index (χ0n) is 9.40. The Hall–Kier alpha value is -1.85. The van der Waals surface area contributed by atoms with E-state index in [1.807, 2.05) is 6.92 Å². The van der Waals surface area contributed by atoms with Gasteiger partial charge in [0.15, 0.2) is 0 Å². The molecule has 6 nitrogen and oxygen atoms in total. The number of esters is 1. The quantitative estimate of drug-likeness (QED) is 0.737. The number of hydrogen-bond donors (Lipinski definition) is 1. The predicted octanol–water partition coefficient (Wildman–Crippen LogP) is 0.435. The van der Waals surface area contributed by atoms with Crippen molar-refractivity contribution in [1.82, 2.24) is 14.9 Å². The molecule has 0 bridgehead atoms. The number of hydrogen-bond acceptors (Lipinski definition) is 4. The zero-order valence-corrected chi connectivity index (χ0v) is 9.40. The standard InChI is InChI=1S/C10H15N3O3/c1-3-4-13(6-9(14)16-2)10(15)8-5-11-7-12-8/h5,7H,3-4,6H2,1-2H3,(H,11,12). The first-order chi connectivity index (χ1) is 7.69. The number of nitrogens with zero attached hydrogens (tertiary/aromatic N) is 2. The smallest absolute Gasteiger partial charge is 0.325 e. The van der Waals surface area contributed by atoms with Crippen LogP contribution in [-0.2, 0) is 9.53 Å². The Balaban J connectivity index is 2.69. The molecule has 88 valence electrons. The molecule has 6 heteroatoms. The lowest BCUT2D eigenvalue weighted by Gasteiger charge is -2.19. The number of carbonyl (C=O) groups excluding carboxylic acids is 2. The molecule has 1 N–H and O–H groups in total. The number of aromatic nitrogens is 2. The molecule has 0 radical (unpaired) electrons. The van der Waals surface area contributed by atoms with E-state index in [9.17, 15) is 9.59 Å². The van der Waals surface area contributed by atoms with Gasteiger partial charge in [-0.05, 0) is 6.42 Å². The van der Waals surface area contributed by atoms with Gasteiger partial charge in [0, 0.05) is 6.54 Å². The van der Waals surface area contributed by atoms with Gasteiger partial charge in [-0.2, -0.15) is 0 Å². The van der Waals surface area contributed by atoms with E-state index in [0.717, 1.165) is 6.42 Å². The zero-order chi connectivity index (χ0) is 12.0. The number of aromatic amines is 1. The van der Waals surface area contributed by atoms with Gasteiger partial charge in [-0.3, -0.25) is 9.59 Å². The van der Waals surface area contributed by atoms with E-state index < -0.39 is 5.97 Å². The van der Waals surface area contributed by atoms with Crippen molar-refractivity contribution in [1.29, 1.82) is 0 Å². The topological polar surface area (TPSA) is 75.3 Å². The number of ether oxygens (including phenoxy) is 1. The van der Waals surface area contributed by atoms with Crippen LogP contribution in [0.25, 0.3) is 0 Å². The lowest BCUT2D eigenvalue weighted by Crippen LogP contribution is -2.37. The highest BCUT2D eigenvalue weighted by Gasteiger charge is 2.19. The summed E-state index contributed by atoms with van der Waals surface area (Å²) >= 11 is 0. The first-order valence-electron chi connectivity index (χ1n) is 5.03. The lowest BCUT2D eigenvalue weighted by molar-refractivity contribution is -0.141. The summed E-state index contributed by atoms with van der Waals surface area (Å²) in [6.45, 7) is 2.40. The molecule has 0 aliphatic rings. The fraction of sp³-hybridized carbons (Fsp3) is 0.500. The number of H-pyrrole nitrogens is 1. The largest absolute Gasteiger partial charge is 0.468 e. The molecular weight excluding hydrogens is 210 g/mol. The summed E-state index contributed by atoms with van der Waals surface area (Å²) in [4.78, 5) is 30.9. The van der Waals surface area contributed by atoms with Crippen LogP contribution in [-0.4, -0.2) is 46.9 Å². The Labute approximate surface area is 93.6 Å². The second kappa shape index (κ2) is 5.89. The number of nitrogens with one attached hydrogen (secondary N) is 1. The Morgan fingerprint density at radius 3 is 2.81 bits per heavy atom. The summed E-state index contributed by atoms with van der Waals surface area (Å²) in [5.41, 5.74) is 0.373. The normalized spacial score (nSPS) is 9.88. The van der Waals surface area contributed by atoms with E-state index in [0.29, 0.717) is 12.2 Å². The number of methoxy groups -OCH3 is 1. The minimum Gasteiger partial charge on any atom is -0.468 e. The van der Waals surface area contributed by atoms with Crippen LogP contribution in [0.4, 0.5) is 0 Å². The van der Waals surface area contributed by atoms with Crippen molar-refractivity contribution in [2.75, 3.05) is 20.2 Å². The second-order valence-corrected chi connectivity index (χ2v) is 3.27. The van der Waals surface area contributed by atoms with Crippen molar-refractivity contribution in [3.05, 3.63) is 18.2 Å². The first kappa shape index (κ1) is 12.2. The maximum atomic E-state index is 11.9. The van der Waals surface area contributed by atoms with Gasteiger partial charge in [0.1, 0.15) is 12.2 Å². The number of imidazole rings is 1. The van der Waals surface area contributed by atoms with Crippen molar-refractivity contribution in [2.24, 2.45) is 0 Å². The molecule has 1 aromatic rings. The van der Waals surface area contributed by atoms with Crippen LogP contribution in [0.2, 0.25) is 0 Å². The fourth-order valence-electron chi connectivity index (χ4n) is 1.29. The summed E-state index contributed by atoms with van der Waals surface area (Å²) in [5, 5.41) is 0. The Morgan fingerprint density at radius 1 is 1.56 bits per heavy atom. The molecule has 16 heavy (non-hydrogen) atoms. The number of amides is 1. The van der Waals surface area contributed by atoms with E-state index in [1.54, 1.807) is 0 Å². The van der Waals surface area contributed by atoms with E-state index in [4.69, 9.17) is 0 Å². The number of carbonyl (C=O) groups is 2. The van der Waals surface area contributed by atoms with Gasteiger partial charge in [0.25, 0.3) is 5.91 Å². The summed E-state index contributed by atoms with van der Waals surface area (Å²) < 4.78 is 4.54. The summed E-state index contributed by atoms with van der Waals surface area (Å²) in [6.07, 6.45) is 3.63. The summed E-state index contributed by atoms with van der Waals surface area (Å²) in [6, 6.07) is 0. The molecule has 0 atom stereocenters. The van der Waals surface area contributed by atoms with Gasteiger partial charge in [-0.1, -0.05) is 6.92 Å². The van der Waals surface area contributed by atoms with E-state index in [1.165, 1.54) is 24.5 Å². The SMILES string of the molecule is CCCN(CC(=O)OC)C(=O)c1cnc[nH]1. The molecule has 1 rings (SSSR count). The highest BCUT2D eigenvalue weighted by Crippen LogP contribution is 2.02. The monoisotopic (exact) mass is 225 g/mol. The van der Waals surface area contributed by atoms with E-state index in [2.05, 4.69) is 14.7 Å². The highest BCUT2D eigenvalue weighted by atomic mass is 16.5. The molecule has 0 saturated heterocycles.